The van der Waals surface area contributed by atoms with Gasteiger partial charge in [-0.25, -0.2) is 14.8 Å². The van der Waals surface area contributed by atoms with Crippen LogP contribution in [0.5, 0.6) is 0 Å². The summed E-state index contributed by atoms with van der Waals surface area (Å²) in [6.07, 6.45) is 2.57. The van der Waals surface area contributed by atoms with Crippen molar-refractivity contribution in [2.45, 2.75) is 47.0 Å². The van der Waals surface area contributed by atoms with Crippen LogP contribution in [-0.2, 0) is 0 Å². The first-order valence-electron chi connectivity index (χ1n) is 6.61. The molecular formula is C14H23N3O2. The van der Waals surface area contributed by atoms with Crippen LogP contribution in [0.15, 0.2) is 6.20 Å². The molecule has 5 heteroatoms. The Balaban J connectivity index is 2.98. The lowest BCUT2D eigenvalue weighted by Gasteiger charge is -2.24. The third-order valence-electron chi connectivity index (χ3n) is 3.24. The molecule has 0 saturated carbocycles. The molecule has 1 aromatic rings. The van der Waals surface area contributed by atoms with E-state index in [1.807, 2.05) is 13.8 Å². The maximum Gasteiger partial charge on any atom is 0.356 e. The Morgan fingerprint density at radius 2 is 2.11 bits per heavy atom. The minimum Gasteiger partial charge on any atom is -0.476 e. The Kier molecular flexibility index (Phi) is 4.86. The van der Waals surface area contributed by atoms with Gasteiger partial charge in [0, 0.05) is 12.5 Å². The average molecular weight is 265 g/mol. The topological polar surface area (TPSA) is 75.1 Å². The molecule has 1 rings (SSSR count). The lowest BCUT2D eigenvalue weighted by Crippen LogP contribution is -2.23. The predicted molar refractivity (Wildman–Crippen MR) is 75.6 cm³/mol. The summed E-state index contributed by atoms with van der Waals surface area (Å²) in [4.78, 5) is 19.6. The smallest absolute Gasteiger partial charge is 0.356 e. The Morgan fingerprint density at radius 1 is 1.47 bits per heavy atom. The van der Waals surface area contributed by atoms with Crippen molar-refractivity contribution >= 4 is 11.7 Å². The van der Waals surface area contributed by atoms with Crippen molar-refractivity contribution in [3.8, 4) is 0 Å². The van der Waals surface area contributed by atoms with Crippen LogP contribution in [0.1, 0.15) is 63.3 Å². The summed E-state index contributed by atoms with van der Waals surface area (Å²) >= 11 is 0. The van der Waals surface area contributed by atoms with Gasteiger partial charge in [-0.1, -0.05) is 34.6 Å². The monoisotopic (exact) mass is 265 g/mol. The van der Waals surface area contributed by atoms with Gasteiger partial charge in [0.2, 0.25) is 0 Å². The molecule has 5 nitrogen and oxygen atoms in total. The van der Waals surface area contributed by atoms with Crippen LogP contribution in [0.2, 0.25) is 0 Å². The van der Waals surface area contributed by atoms with Gasteiger partial charge in [0.1, 0.15) is 5.82 Å². The Hall–Kier alpha value is -1.65. The molecule has 0 atom stereocenters. The van der Waals surface area contributed by atoms with Gasteiger partial charge in [-0.05, 0) is 11.8 Å². The second-order valence-corrected chi connectivity index (χ2v) is 5.82. The number of carbonyl (C=O) groups is 1. The molecule has 0 amide bonds. The van der Waals surface area contributed by atoms with Crippen molar-refractivity contribution in [3.05, 3.63) is 17.7 Å². The first kappa shape index (κ1) is 15.4. The molecule has 0 saturated heterocycles. The molecule has 2 N–H and O–H groups in total. The van der Waals surface area contributed by atoms with Gasteiger partial charge in [0.15, 0.2) is 5.69 Å². The highest BCUT2D eigenvalue weighted by molar-refractivity contribution is 5.91. The van der Waals surface area contributed by atoms with Gasteiger partial charge >= 0.3 is 5.97 Å². The molecule has 0 aliphatic carbocycles. The number of carboxylic acids is 1. The fourth-order valence-electron chi connectivity index (χ4n) is 1.43. The molecular weight excluding hydrogens is 242 g/mol. The normalized spacial score (nSPS) is 11.7. The maximum absolute atomic E-state index is 11.3. The maximum atomic E-state index is 11.3. The zero-order valence-corrected chi connectivity index (χ0v) is 12.3. The number of rotatable bonds is 6. The molecule has 1 heterocycles. The van der Waals surface area contributed by atoms with E-state index >= 15 is 0 Å². The van der Waals surface area contributed by atoms with E-state index in [4.69, 9.17) is 0 Å². The van der Waals surface area contributed by atoms with Crippen molar-refractivity contribution in [1.29, 1.82) is 0 Å². The molecule has 0 spiro atoms. The second-order valence-electron chi connectivity index (χ2n) is 5.82. The molecule has 0 fully saturated rings. The number of nitrogens with one attached hydrogen (secondary N) is 1. The summed E-state index contributed by atoms with van der Waals surface area (Å²) in [5.74, 6) is -0.363. The molecule has 0 aromatic carbocycles. The minimum atomic E-state index is -1.03. The SMILES string of the molecule is CCC(C)(C)CNc1cnc(C(C)C)nc1C(=O)O. The van der Waals surface area contributed by atoms with Crippen LogP contribution in [-0.4, -0.2) is 27.6 Å². The standard InChI is InChI=1S/C14H23N3O2/c1-6-14(4,5)8-16-10-7-15-12(9(2)3)17-11(10)13(18)19/h7,9,16H,6,8H2,1-5H3,(H,18,19). The van der Waals surface area contributed by atoms with E-state index in [1.54, 1.807) is 6.20 Å². The summed E-state index contributed by atoms with van der Waals surface area (Å²) in [6.45, 7) is 10.9. The van der Waals surface area contributed by atoms with Crippen molar-refractivity contribution in [1.82, 2.24) is 9.97 Å². The predicted octanol–water partition coefficient (Wildman–Crippen LogP) is 3.15. The van der Waals surface area contributed by atoms with E-state index in [-0.39, 0.29) is 17.0 Å². The van der Waals surface area contributed by atoms with E-state index < -0.39 is 5.97 Å². The molecule has 0 aliphatic rings. The number of nitrogens with zero attached hydrogens (tertiary/aromatic N) is 2. The zero-order valence-electron chi connectivity index (χ0n) is 12.3. The van der Waals surface area contributed by atoms with Crippen molar-refractivity contribution < 1.29 is 9.90 Å². The number of hydrogen-bond acceptors (Lipinski definition) is 4. The molecule has 0 radical (unpaired) electrons. The summed E-state index contributed by atoms with van der Waals surface area (Å²) in [6, 6.07) is 0. The fourth-order valence-corrected chi connectivity index (χ4v) is 1.43. The quantitative estimate of drug-likeness (QED) is 0.826. The highest BCUT2D eigenvalue weighted by atomic mass is 16.4. The lowest BCUT2D eigenvalue weighted by molar-refractivity contribution is 0.0691. The molecule has 19 heavy (non-hydrogen) atoms. The Bertz CT molecular complexity index is 456. The van der Waals surface area contributed by atoms with E-state index in [2.05, 4.69) is 36.1 Å². The summed E-state index contributed by atoms with van der Waals surface area (Å²) < 4.78 is 0. The molecule has 0 bridgehead atoms. The third kappa shape index (κ3) is 4.19. The summed E-state index contributed by atoms with van der Waals surface area (Å²) in [5.41, 5.74) is 0.635. The van der Waals surface area contributed by atoms with Crippen LogP contribution in [0.4, 0.5) is 5.69 Å². The van der Waals surface area contributed by atoms with Crippen molar-refractivity contribution in [2.75, 3.05) is 11.9 Å². The van der Waals surface area contributed by atoms with Crippen molar-refractivity contribution in [3.63, 3.8) is 0 Å². The molecule has 0 unspecified atom stereocenters. The van der Waals surface area contributed by atoms with E-state index in [0.29, 0.717) is 18.1 Å². The van der Waals surface area contributed by atoms with E-state index in [0.717, 1.165) is 6.42 Å². The zero-order chi connectivity index (χ0) is 14.6. The fraction of sp³-hybridized carbons (Fsp3) is 0.643. The highest BCUT2D eigenvalue weighted by Crippen LogP contribution is 2.22. The third-order valence-corrected chi connectivity index (χ3v) is 3.24. The van der Waals surface area contributed by atoms with E-state index in [1.165, 1.54) is 0 Å². The number of aromatic nitrogens is 2. The molecule has 1 aromatic heterocycles. The number of aromatic carboxylic acids is 1. The molecule has 0 aliphatic heterocycles. The Labute approximate surface area is 114 Å². The lowest BCUT2D eigenvalue weighted by atomic mass is 9.90. The average Bonchev–Trinajstić information content (AvgIpc) is 2.36. The van der Waals surface area contributed by atoms with Gasteiger partial charge in [-0.3, -0.25) is 0 Å². The number of carboxylic acid groups (broad SMARTS) is 1. The second kappa shape index (κ2) is 5.99. The summed E-state index contributed by atoms with van der Waals surface area (Å²) in [5, 5.41) is 12.4. The van der Waals surface area contributed by atoms with Crippen LogP contribution in [0.25, 0.3) is 0 Å². The van der Waals surface area contributed by atoms with Gasteiger partial charge in [-0.2, -0.15) is 0 Å². The van der Waals surface area contributed by atoms with Crippen molar-refractivity contribution in [2.24, 2.45) is 5.41 Å². The Morgan fingerprint density at radius 3 is 2.58 bits per heavy atom. The highest BCUT2D eigenvalue weighted by Gasteiger charge is 2.19. The van der Waals surface area contributed by atoms with Gasteiger partial charge in [0.05, 0.1) is 11.9 Å². The van der Waals surface area contributed by atoms with E-state index in [9.17, 15) is 9.90 Å². The first-order valence-corrected chi connectivity index (χ1v) is 6.61. The first-order chi connectivity index (χ1) is 8.76. The summed E-state index contributed by atoms with van der Waals surface area (Å²) in [7, 11) is 0. The largest absolute Gasteiger partial charge is 0.476 e. The van der Waals surface area contributed by atoms with Gasteiger partial charge in [-0.15, -0.1) is 0 Å². The van der Waals surface area contributed by atoms with Gasteiger partial charge in [0.25, 0.3) is 0 Å². The van der Waals surface area contributed by atoms with Crippen LogP contribution in [0.3, 0.4) is 0 Å². The van der Waals surface area contributed by atoms with Crippen LogP contribution in [0, 0.1) is 5.41 Å². The number of anilines is 1. The number of hydrogen-bond donors (Lipinski definition) is 2. The minimum absolute atomic E-state index is 0.0469. The van der Waals surface area contributed by atoms with Gasteiger partial charge < -0.3 is 10.4 Å². The molecule has 106 valence electrons. The van der Waals surface area contributed by atoms with Crippen LogP contribution < -0.4 is 5.32 Å². The van der Waals surface area contributed by atoms with Crippen LogP contribution >= 0.6 is 0 Å².